The van der Waals surface area contributed by atoms with E-state index in [4.69, 9.17) is 8.83 Å². The van der Waals surface area contributed by atoms with E-state index >= 15 is 0 Å². The summed E-state index contributed by atoms with van der Waals surface area (Å²) >= 11 is 1.85. The monoisotopic (exact) mass is 809 g/mol. The fourth-order valence-corrected chi connectivity index (χ4v) is 10.8. The molecule has 3 heterocycles. The molecule has 0 aliphatic rings. The summed E-state index contributed by atoms with van der Waals surface area (Å²) in [7, 11) is 0. The summed E-state index contributed by atoms with van der Waals surface area (Å²) in [5.74, 6) is 0. The molecule has 0 saturated heterocycles. The van der Waals surface area contributed by atoms with E-state index in [1.165, 1.54) is 53.2 Å². The van der Waals surface area contributed by atoms with Crippen molar-refractivity contribution in [2.45, 2.75) is 0 Å². The normalized spacial score (nSPS) is 11.9. The summed E-state index contributed by atoms with van der Waals surface area (Å²) < 4.78 is 15.4. The molecule has 0 aliphatic carbocycles. The molecule has 0 N–H and O–H groups in total. The molecule has 0 spiro atoms. The van der Waals surface area contributed by atoms with Gasteiger partial charge in [-0.25, -0.2) is 0 Å². The molecule has 0 amide bonds. The molecule has 0 saturated carbocycles. The molecule has 0 unspecified atom stereocenters. The number of furan rings is 2. The molecule has 3 nitrogen and oxygen atoms in total. The average Bonchev–Trinajstić information content (AvgIpc) is 4.04. The van der Waals surface area contributed by atoms with Gasteiger partial charge in [0.15, 0.2) is 0 Å². The third-order valence-electron chi connectivity index (χ3n) is 12.5. The van der Waals surface area contributed by atoms with Crippen LogP contribution in [0.1, 0.15) is 0 Å². The summed E-state index contributed by atoms with van der Waals surface area (Å²) in [6.45, 7) is 0. The molecule has 13 aromatic rings. The summed E-state index contributed by atoms with van der Waals surface area (Å²) in [5.41, 5.74) is 13.8. The van der Waals surface area contributed by atoms with Crippen molar-refractivity contribution in [3.05, 3.63) is 212 Å². The molecule has 0 fully saturated rings. The molecule has 0 aliphatic heterocycles. The third kappa shape index (κ3) is 5.44. The van der Waals surface area contributed by atoms with Gasteiger partial charge in [0.05, 0.1) is 10.4 Å². The van der Waals surface area contributed by atoms with E-state index in [1.54, 1.807) is 0 Å². The van der Waals surface area contributed by atoms with Crippen LogP contribution in [-0.4, -0.2) is 0 Å². The van der Waals surface area contributed by atoms with Crippen LogP contribution < -0.4 is 4.90 Å². The minimum atomic E-state index is 0.895. The Balaban J connectivity index is 1.01. The smallest absolute Gasteiger partial charge is 0.143 e. The van der Waals surface area contributed by atoms with E-state index in [-0.39, 0.29) is 0 Å². The standard InChI is InChI=1S/C58H35NO2S/c1-2-12-39-35-40(24-23-36(39)11-1)37-25-29-41(30-26-37)59(42-31-27-38(28-32-42)43-16-9-18-47-44-13-3-6-19-51(44)61-57(43)47)50-34-33-46(56-49-15-5-8-22-54(49)62-58(50)56)45-17-10-21-53-55(45)48-14-4-7-20-52(48)60-53/h1-35H. The van der Waals surface area contributed by atoms with Gasteiger partial charge in [0, 0.05) is 54.0 Å². The molecular formula is C58H35NO2S. The highest BCUT2D eigenvalue weighted by atomic mass is 32.1. The summed E-state index contributed by atoms with van der Waals surface area (Å²) in [4.78, 5) is 2.42. The van der Waals surface area contributed by atoms with Crippen LogP contribution in [0.4, 0.5) is 17.1 Å². The first kappa shape index (κ1) is 34.9. The van der Waals surface area contributed by atoms with Gasteiger partial charge in [-0.2, -0.15) is 0 Å². The van der Waals surface area contributed by atoms with Crippen molar-refractivity contribution in [2.24, 2.45) is 0 Å². The van der Waals surface area contributed by atoms with Crippen molar-refractivity contribution in [1.29, 1.82) is 0 Å². The second-order valence-electron chi connectivity index (χ2n) is 16.0. The lowest BCUT2D eigenvalue weighted by Crippen LogP contribution is -2.10. The van der Waals surface area contributed by atoms with Gasteiger partial charge in [-0.05, 0) is 99.3 Å². The molecule has 290 valence electrons. The van der Waals surface area contributed by atoms with Crippen LogP contribution in [0.15, 0.2) is 221 Å². The topological polar surface area (TPSA) is 29.5 Å². The highest BCUT2D eigenvalue weighted by molar-refractivity contribution is 7.26. The van der Waals surface area contributed by atoms with Crippen molar-refractivity contribution in [1.82, 2.24) is 0 Å². The number of para-hydroxylation sites is 3. The van der Waals surface area contributed by atoms with Gasteiger partial charge >= 0.3 is 0 Å². The van der Waals surface area contributed by atoms with E-state index in [0.717, 1.165) is 72.1 Å². The molecular weight excluding hydrogens is 775 g/mol. The second-order valence-corrected chi connectivity index (χ2v) is 17.0. The number of thiophene rings is 1. The molecule has 0 bridgehead atoms. The fourth-order valence-electron chi connectivity index (χ4n) is 9.58. The SMILES string of the molecule is c1ccc2cc(-c3ccc(N(c4ccc(-c5cccc6c5oc5ccccc56)cc4)c4ccc(-c5cccc6oc7ccccc7c56)c5c4sc4ccccc45)cc3)ccc2c1. The minimum Gasteiger partial charge on any atom is -0.456 e. The van der Waals surface area contributed by atoms with E-state index < -0.39 is 0 Å². The number of benzene rings is 10. The van der Waals surface area contributed by atoms with Crippen LogP contribution in [0.5, 0.6) is 0 Å². The maximum absolute atomic E-state index is 6.48. The quantitative estimate of drug-likeness (QED) is 0.168. The number of nitrogens with zero attached hydrogens (tertiary/aromatic N) is 1. The maximum atomic E-state index is 6.48. The van der Waals surface area contributed by atoms with Gasteiger partial charge in [-0.15, -0.1) is 11.3 Å². The lowest BCUT2D eigenvalue weighted by Gasteiger charge is -2.27. The van der Waals surface area contributed by atoms with Crippen molar-refractivity contribution >= 4 is 103 Å². The van der Waals surface area contributed by atoms with Gasteiger partial charge in [0.2, 0.25) is 0 Å². The molecule has 0 atom stereocenters. The Morgan fingerprint density at radius 1 is 0.355 bits per heavy atom. The molecule has 3 aromatic heterocycles. The summed E-state index contributed by atoms with van der Waals surface area (Å²) in [6, 6.07) is 76.2. The zero-order valence-corrected chi connectivity index (χ0v) is 34.2. The predicted molar refractivity (Wildman–Crippen MR) is 262 cm³/mol. The number of fused-ring (bicyclic) bond motifs is 10. The largest absolute Gasteiger partial charge is 0.456 e. The number of anilines is 3. The van der Waals surface area contributed by atoms with Crippen LogP contribution in [0.3, 0.4) is 0 Å². The number of hydrogen-bond donors (Lipinski definition) is 0. The first-order chi connectivity index (χ1) is 30.7. The molecule has 10 aromatic carbocycles. The zero-order valence-electron chi connectivity index (χ0n) is 33.4. The van der Waals surface area contributed by atoms with Gasteiger partial charge in [-0.1, -0.05) is 152 Å². The summed E-state index contributed by atoms with van der Waals surface area (Å²) in [6.07, 6.45) is 0. The molecule has 13 rings (SSSR count). The van der Waals surface area contributed by atoms with Crippen molar-refractivity contribution in [3.63, 3.8) is 0 Å². The Morgan fingerprint density at radius 2 is 0.952 bits per heavy atom. The Morgan fingerprint density at radius 3 is 1.77 bits per heavy atom. The Kier molecular flexibility index (Phi) is 7.78. The predicted octanol–water partition coefficient (Wildman–Crippen LogP) is 17.5. The fraction of sp³-hybridized carbons (Fsp3) is 0. The van der Waals surface area contributed by atoms with Crippen LogP contribution >= 0.6 is 11.3 Å². The van der Waals surface area contributed by atoms with Crippen LogP contribution in [0.25, 0.3) is 108 Å². The molecule has 4 heteroatoms. The lowest BCUT2D eigenvalue weighted by atomic mass is 9.94. The third-order valence-corrected chi connectivity index (χ3v) is 13.7. The van der Waals surface area contributed by atoms with E-state index in [2.05, 4.69) is 199 Å². The minimum absolute atomic E-state index is 0.895. The van der Waals surface area contributed by atoms with E-state index in [1.807, 2.05) is 29.5 Å². The van der Waals surface area contributed by atoms with Crippen LogP contribution in [0.2, 0.25) is 0 Å². The average molecular weight is 810 g/mol. The van der Waals surface area contributed by atoms with Gasteiger partial charge < -0.3 is 13.7 Å². The van der Waals surface area contributed by atoms with Crippen molar-refractivity contribution in [3.8, 4) is 33.4 Å². The Hall–Kier alpha value is -7.92. The second kappa shape index (κ2) is 13.8. The van der Waals surface area contributed by atoms with Crippen molar-refractivity contribution in [2.75, 3.05) is 4.90 Å². The number of hydrogen-bond acceptors (Lipinski definition) is 4. The van der Waals surface area contributed by atoms with Crippen LogP contribution in [-0.2, 0) is 0 Å². The number of rotatable bonds is 6. The van der Waals surface area contributed by atoms with Gasteiger partial charge in [0.25, 0.3) is 0 Å². The van der Waals surface area contributed by atoms with Crippen LogP contribution in [0, 0.1) is 0 Å². The first-order valence-electron chi connectivity index (χ1n) is 21.0. The highest BCUT2D eigenvalue weighted by Gasteiger charge is 2.23. The first-order valence-corrected chi connectivity index (χ1v) is 21.8. The van der Waals surface area contributed by atoms with Gasteiger partial charge in [0.1, 0.15) is 22.3 Å². The zero-order chi connectivity index (χ0) is 40.7. The highest BCUT2D eigenvalue weighted by Crippen LogP contribution is 2.50. The maximum Gasteiger partial charge on any atom is 0.143 e. The Bertz CT molecular complexity index is 3870. The molecule has 62 heavy (non-hydrogen) atoms. The lowest BCUT2D eigenvalue weighted by molar-refractivity contribution is 0.669. The van der Waals surface area contributed by atoms with Gasteiger partial charge in [-0.3, -0.25) is 0 Å². The van der Waals surface area contributed by atoms with Crippen molar-refractivity contribution < 1.29 is 8.83 Å². The molecule has 0 radical (unpaired) electrons. The Labute approximate surface area is 360 Å². The van der Waals surface area contributed by atoms with E-state index in [9.17, 15) is 0 Å². The summed E-state index contributed by atoms with van der Waals surface area (Å²) in [5, 5.41) is 9.49. The van der Waals surface area contributed by atoms with E-state index in [0.29, 0.717) is 0 Å².